The number of nitrogens with two attached hydrogens (primary N) is 1. The first kappa shape index (κ1) is 14.2. The maximum Gasteiger partial charge on any atom is 0.282 e. The van der Waals surface area contributed by atoms with Gasteiger partial charge in [0.1, 0.15) is 0 Å². The van der Waals surface area contributed by atoms with Crippen LogP contribution >= 0.6 is 0 Å². The lowest BCUT2D eigenvalue weighted by Crippen LogP contribution is -2.55. The summed E-state index contributed by atoms with van der Waals surface area (Å²) in [5.74, 6) is 0.877. The SMILES string of the molecule is CC1CCCN(S(=O)(=O)N2CCC(C)C(N)C2)C1. The molecule has 0 saturated carbocycles. The van der Waals surface area contributed by atoms with Crippen LogP contribution < -0.4 is 5.73 Å². The molecular weight excluding hydrogens is 250 g/mol. The Bertz CT molecular complexity index is 385. The lowest BCUT2D eigenvalue weighted by Gasteiger charge is -2.39. The first-order valence-electron chi connectivity index (χ1n) is 6.92. The van der Waals surface area contributed by atoms with Crippen molar-refractivity contribution in [2.45, 2.75) is 39.2 Å². The third-order valence-corrected chi connectivity index (χ3v) is 6.22. The Morgan fingerprint density at radius 3 is 2.33 bits per heavy atom. The second-order valence-corrected chi connectivity index (χ2v) is 7.83. The fourth-order valence-electron chi connectivity index (χ4n) is 2.80. The van der Waals surface area contributed by atoms with Crippen LogP contribution in [0, 0.1) is 11.8 Å². The van der Waals surface area contributed by atoms with Crippen molar-refractivity contribution in [3.63, 3.8) is 0 Å². The smallest absolute Gasteiger partial charge is 0.282 e. The summed E-state index contributed by atoms with van der Waals surface area (Å²) in [4.78, 5) is 0. The van der Waals surface area contributed by atoms with Gasteiger partial charge < -0.3 is 5.73 Å². The van der Waals surface area contributed by atoms with Gasteiger partial charge in [0.2, 0.25) is 0 Å². The van der Waals surface area contributed by atoms with E-state index >= 15 is 0 Å². The van der Waals surface area contributed by atoms with E-state index < -0.39 is 10.2 Å². The highest BCUT2D eigenvalue weighted by molar-refractivity contribution is 7.86. The van der Waals surface area contributed by atoms with Gasteiger partial charge in [0.25, 0.3) is 10.2 Å². The first-order valence-corrected chi connectivity index (χ1v) is 8.31. The Kier molecular flexibility index (Phi) is 4.31. The van der Waals surface area contributed by atoms with E-state index in [-0.39, 0.29) is 6.04 Å². The predicted octanol–water partition coefficient (Wildman–Crippen LogP) is 0.632. The van der Waals surface area contributed by atoms with Crippen molar-refractivity contribution in [2.75, 3.05) is 26.2 Å². The quantitative estimate of drug-likeness (QED) is 0.804. The van der Waals surface area contributed by atoms with E-state index in [1.807, 2.05) is 0 Å². The molecule has 0 aliphatic carbocycles. The normalized spacial score (nSPS) is 36.7. The van der Waals surface area contributed by atoms with Gasteiger partial charge in [0, 0.05) is 32.2 Å². The molecule has 2 heterocycles. The molecule has 106 valence electrons. The molecule has 0 radical (unpaired) electrons. The second-order valence-electron chi connectivity index (χ2n) is 5.90. The molecule has 0 aromatic rings. The van der Waals surface area contributed by atoms with E-state index in [0.29, 0.717) is 38.0 Å². The molecule has 2 fully saturated rings. The van der Waals surface area contributed by atoms with Crippen LogP contribution in [0.15, 0.2) is 0 Å². The molecule has 2 aliphatic heterocycles. The second kappa shape index (κ2) is 5.45. The Hall–Kier alpha value is -0.170. The summed E-state index contributed by atoms with van der Waals surface area (Å²) in [5, 5.41) is 0. The maximum absolute atomic E-state index is 12.5. The molecule has 5 nitrogen and oxygen atoms in total. The summed E-state index contributed by atoms with van der Waals surface area (Å²) in [6, 6.07) is -0.0317. The molecule has 0 aromatic heterocycles. The number of piperidine rings is 2. The van der Waals surface area contributed by atoms with Gasteiger partial charge in [0.15, 0.2) is 0 Å². The molecule has 3 atom stereocenters. The van der Waals surface area contributed by atoms with Gasteiger partial charge in [-0.25, -0.2) is 0 Å². The number of nitrogens with zero attached hydrogens (tertiary/aromatic N) is 2. The van der Waals surface area contributed by atoms with E-state index in [0.717, 1.165) is 19.3 Å². The van der Waals surface area contributed by atoms with Crippen molar-refractivity contribution < 1.29 is 8.42 Å². The fourth-order valence-corrected chi connectivity index (χ4v) is 4.62. The molecular formula is C12H25N3O2S. The van der Waals surface area contributed by atoms with Crippen LogP contribution in [0.3, 0.4) is 0 Å². The fraction of sp³-hybridized carbons (Fsp3) is 1.00. The highest BCUT2D eigenvalue weighted by Crippen LogP contribution is 2.24. The molecule has 3 unspecified atom stereocenters. The highest BCUT2D eigenvalue weighted by Gasteiger charge is 2.36. The van der Waals surface area contributed by atoms with Gasteiger partial charge in [-0.2, -0.15) is 17.0 Å². The molecule has 0 bridgehead atoms. The van der Waals surface area contributed by atoms with Gasteiger partial charge in [-0.15, -0.1) is 0 Å². The number of hydrogen-bond donors (Lipinski definition) is 1. The van der Waals surface area contributed by atoms with Gasteiger partial charge in [-0.05, 0) is 31.1 Å². The Balaban J connectivity index is 2.06. The van der Waals surface area contributed by atoms with Crippen LogP contribution in [0.1, 0.15) is 33.1 Å². The highest BCUT2D eigenvalue weighted by atomic mass is 32.2. The van der Waals surface area contributed by atoms with Crippen LogP contribution in [0.5, 0.6) is 0 Å². The summed E-state index contributed by atoms with van der Waals surface area (Å²) in [5.41, 5.74) is 6.00. The largest absolute Gasteiger partial charge is 0.326 e. The van der Waals surface area contributed by atoms with Crippen LogP contribution in [0.25, 0.3) is 0 Å². The van der Waals surface area contributed by atoms with Crippen molar-refractivity contribution in [1.82, 2.24) is 8.61 Å². The van der Waals surface area contributed by atoms with E-state index in [2.05, 4.69) is 13.8 Å². The summed E-state index contributed by atoms with van der Waals surface area (Å²) in [7, 11) is -3.29. The zero-order valence-corrected chi connectivity index (χ0v) is 12.2. The van der Waals surface area contributed by atoms with Crippen molar-refractivity contribution in [3.8, 4) is 0 Å². The number of rotatable bonds is 2. The van der Waals surface area contributed by atoms with E-state index in [9.17, 15) is 8.42 Å². The van der Waals surface area contributed by atoms with Gasteiger partial charge in [0.05, 0.1) is 0 Å². The zero-order valence-electron chi connectivity index (χ0n) is 11.4. The third-order valence-electron chi connectivity index (χ3n) is 4.25. The maximum atomic E-state index is 12.5. The Morgan fingerprint density at radius 2 is 1.72 bits per heavy atom. The van der Waals surface area contributed by atoms with E-state index in [1.165, 1.54) is 0 Å². The molecule has 0 amide bonds. The average Bonchev–Trinajstić information content (AvgIpc) is 2.32. The van der Waals surface area contributed by atoms with Crippen molar-refractivity contribution in [2.24, 2.45) is 17.6 Å². The summed E-state index contributed by atoms with van der Waals surface area (Å²) in [6.07, 6.45) is 2.96. The molecule has 2 aliphatic rings. The summed E-state index contributed by atoms with van der Waals surface area (Å²) < 4.78 is 28.3. The average molecular weight is 275 g/mol. The lowest BCUT2D eigenvalue weighted by molar-refractivity contribution is 0.217. The van der Waals surface area contributed by atoms with Crippen molar-refractivity contribution in [1.29, 1.82) is 0 Å². The lowest BCUT2D eigenvalue weighted by atomic mass is 9.96. The van der Waals surface area contributed by atoms with Gasteiger partial charge in [-0.1, -0.05) is 13.8 Å². The van der Waals surface area contributed by atoms with Crippen LogP contribution in [-0.4, -0.2) is 49.2 Å². The molecule has 0 spiro atoms. The summed E-state index contributed by atoms with van der Waals surface area (Å²) in [6.45, 7) is 6.61. The molecule has 2 N–H and O–H groups in total. The van der Waals surface area contributed by atoms with Crippen molar-refractivity contribution in [3.05, 3.63) is 0 Å². The monoisotopic (exact) mass is 275 g/mol. The molecule has 18 heavy (non-hydrogen) atoms. The predicted molar refractivity (Wildman–Crippen MR) is 72.2 cm³/mol. The molecule has 6 heteroatoms. The molecule has 0 aromatic carbocycles. The minimum atomic E-state index is -3.29. The van der Waals surface area contributed by atoms with Crippen LogP contribution in [0.4, 0.5) is 0 Å². The Morgan fingerprint density at radius 1 is 1.06 bits per heavy atom. The van der Waals surface area contributed by atoms with Gasteiger partial charge >= 0.3 is 0 Å². The zero-order chi connectivity index (χ0) is 13.3. The molecule has 2 saturated heterocycles. The standard InChI is InChI=1S/C12H25N3O2S/c1-10-4-3-6-14(8-10)18(16,17)15-7-5-11(2)12(13)9-15/h10-12H,3-9,13H2,1-2H3. The van der Waals surface area contributed by atoms with Crippen LogP contribution in [0.2, 0.25) is 0 Å². The third kappa shape index (κ3) is 2.87. The van der Waals surface area contributed by atoms with E-state index in [1.54, 1.807) is 8.61 Å². The van der Waals surface area contributed by atoms with Crippen LogP contribution in [-0.2, 0) is 10.2 Å². The molecule has 2 rings (SSSR count). The minimum absolute atomic E-state index is 0.0317. The first-order chi connectivity index (χ1) is 8.41. The van der Waals surface area contributed by atoms with E-state index in [4.69, 9.17) is 5.73 Å². The summed E-state index contributed by atoms with van der Waals surface area (Å²) >= 11 is 0. The van der Waals surface area contributed by atoms with Gasteiger partial charge in [-0.3, -0.25) is 0 Å². The minimum Gasteiger partial charge on any atom is -0.326 e. The topological polar surface area (TPSA) is 66.6 Å². The van der Waals surface area contributed by atoms with Crippen molar-refractivity contribution >= 4 is 10.2 Å². The number of hydrogen-bond acceptors (Lipinski definition) is 3. The Labute approximate surface area is 110 Å².